The maximum absolute atomic E-state index is 11.7. The van der Waals surface area contributed by atoms with E-state index >= 15 is 0 Å². The minimum atomic E-state index is -1.09. The maximum Gasteiger partial charge on any atom is 0.337 e. The number of anilines is 1. The van der Waals surface area contributed by atoms with Gasteiger partial charge < -0.3 is 20.7 Å². The first-order chi connectivity index (χ1) is 9.56. The van der Waals surface area contributed by atoms with Gasteiger partial charge in [0.15, 0.2) is 0 Å². The average molecular weight is 386 g/mol. The molecule has 0 saturated carbocycles. The van der Waals surface area contributed by atoms with Crippen LogP contribution in [0.2, 0.25) is 0 Å². The zero-order valence-corrected chi connectivity index (χ0v) is 12.3. The average Bonchev–Trinajstić information content (AvgIpc) is 2.91. The molecule has 0 aliphatic rings. The molecule has 2 amide bonds. The van der Waals surface area contributed by atoms with Crippen molar-refractivity contribution in [2.45, 2.75) is 6.54 Å². The van der Waals surface area contributed by atoms with Crippen LogP contribution in [0.3, 0.4) is 0 Å². The molecule has 0 aliphatic heterocycles. The van der Waals surface area contributed by atoms with E-state index in [1.54, 1.807) is 24.5 Å². The molecule has 0 atom stereocenters. The van der Waals surface area contributed by atoms with E-state index in [-0.39, 0.29) is 17.8 Å². The molecule has 0 unspecified atom stereocenters. The van der Waals surface area contributed by atoms with Gasteiger partial charge in [-0.25, -0.2) is 14.6 Å². The number of nitrogens with one attached hydrogen (secondary N) is 3. The molecule has 1 heterocycles. The highest BCUT2D eigenvalue weighted by Gasteiger charge is 2.12. The lowest BCUT2D eigenvalue weighted by molar-refractivity contribution is 0.0698. The van der Waals surface area contributed by atoms with Crippen molar-refractivity contribution in [1.29, 1.82) is 0 Å². The lowest BCUT2D eigenvalue weighted by Gasteiger charge is -2.09. The molecule has 0 spiro atoms. The van der Waals surface area contributed by atoms with Crippen LogP contribution in [0.5, 0.6) is 0 Å². The lowest BCUT2D eigenvalue weighted by Crippen LogP contribution is -2.29. The number of H-pyrrole nitrogens is 1. The summed E-state index contributed by atoms with van der Waals surface area (Å²) in [5, 5.41) is 14.2. The Hall–Kier alpha value is -2.10. The molecule has 104 valence electrons. The number of carboxylic acids is 1. The smallest absolute Gasteiger partial charge is 0.337 e. The Bertz CT molecular complexity index is 628. The Morgan fingerprint density at radius 1 is 1.40 bits per heavy atom. The number of rotatable bonds is 4. The molecule has 20 heavy (non-hydrogen) atoms. The van der Waals surface area contributed by atoms with Crippen molar-refractivity contribution in [2.75, 3.05) is 5.32 Å². The van der Waals surface area contributed by atoms with Gasteiger partial charge in [-0.1, -0.05) is 0 Å². The third-order valence-electron chi connectivity index (χ3n) is 2.43. The Morgan fingerprint density at radius 3 is 2.85 bits per heavy atom. The van der Waals surface area contributed by atoms with Crippen LogP contribution in [0.4, 0.5) is 10.5 Å². The topological polar surface area (TPSA) is 107 Å². The Morgan fingerprint density at radius 2 is 2.20 bits per heavy atom. The second kappa shape index (κ2) is 6.37. The van der Waals surface area contributed by atoms with E-state index in [0.717, 1.165) is 3.57 Å². The number of hydrogen-bond acceptors (Lipinski definition) is 3. The monoisotopic (exact) mass is 386 g/mol. The Balaban J connectivity index is 2.02. The molecule has 1 aromatic heterocycles. The number of amides is 2. The van der Waals surface area contributed by atoms with Crippen molar-refractivity contribution in [2.24, 2.45) is 0 Å². The van der Waals surface area contributed by atoms with Gasteiger partial charge in [-0.3, -0.25) is 0 Å². The molecule has 8 heteroatoms. The van der Waals surface area contributed by atoms with Crippen molar-refractivity contribution in [3.05, 3.63) is 45.6 Å². The van der Waals surface area contributed by atoms with Crippen LogP contribution in [0.15, 0.2) is 30.6 Å². The summed E-state index contributed by atoms with van der Waals surface area (Å²) in [6, 6.07) is 4.27. The molecule has 0 fully saturated rings. The number of carbonyl (C=O) groups excluding carboxylic acids is 1. The minimum Gasteiger partial charge on any atom is -0.478 e. The number of imidazole rings is 1. The van der Waals surface area contributed by atoms with E-state index in [0.29, 0.717) is 5.82 Å². The number of aromatic nitrogens is 2. The summed E-state index contributed by atoms with van der Waals surface area (Å²) in [4.78, 5) is 29.6. The molecule has 0 bridgehead atoms. The molecule has 2 rings (SSSR count). The number of carboxylic acid groups (broad SMARTS) is 1. The molecule has 4 N–H and O–H groups in total. The van der Waals surface area contributed by atoms with E-state index in [1.807, 2.05) is 22.6 Å². The fourth-order valence-corrected chi connectivity index (χ4v) is 2.02. The van der Waals surface area contributed by atoms with E-state index in [2.05, 4.69) is 20.6 Å². The predicted molar refractivity (Wildman–Crippen MR) is 80.6 cm³/mol. The van der Waals surface area contributed by atoms with Gasteiger partial charge in [0, 0.05) is 16.0 Å². The first-order valence-corrected chi connectivity index (χ1v) is 6.70. The summed E-state index contributed by atoms with van der Waals surface area (Å²) >= 11 is 2.01. The van der Waals surface area contributed by atoms with Crippen molar-refractivity contribution in [3.63, 3.8) is 0 Å². The number of benzene rings is 1. The van der Waals surface area contributed by atoms with Crippen molar-refractivity contribution < 1.29 is 14.7 Å². The number of halogens is 1. The Kier molecular flexibility index (Phi) is 4.56. The van der Waals surface area contributed by atoms with Gasteiger partial charge in [0.2, 0.25) is 0 Å². The molecule has 7 nitrogen and oxygen atoms in total. The second-order valence-electron chi connectivity index (χ2n) is 3.84. The molecule has 1 aromatic carbocycles. The van der Waals surface area contributed by atoms with E-state index < -0.39 is 12.0 Å². The lowest BCUT2D eigenvalue weighted by atomic mass is 10.2. The predicted octanol–water partition coefficient (Wildman–Crippen LogP) is 2.03. The number of aromatic carboxylic acids is 1. The standard InChI is InChI=1S/C12H11IN4O3/c13-7-1-2-9(8(5-7)11(18)19)17-12(20)16-6-10-14-3-4-15-10/h1-5H,6H2,(H,14,15)(H,18,19)(H2,16,17,20). The van der Waals surface area contributed by atoms with Gasteiger partial charge in [0.05, 0.1) is 17.8 Å². The van der Waals surface area contributed by atoms with Crippen molar-refractivity contribution in [1.82, 2.24) is 15.3 Å². The van der Waals surface area contributed by atoms with Crippen LogP contribution in [0.1, 0.15) is 16.2 Å². The van der Waals surface area contributed by atoms with E-state index in [1.165, 1.54) is 6.07 Å². The van der Waals surface area contributed by atoms with E-state index in [9.17, 15) is 9.59 Å². The van der Waals surface area contributed by atoms with Gasteiger partial charge in [0.25, 0.3) is 0 Å². The quantitative estimate of drug-likeness (QED) is 0.604. The zero-order valence-electron chi connectivity index (χ0n) is 10.2. The van der Waals surface area contributed by atoms with Crippen LogP contribution in [0, 0.1) is 3.57 Å². The summed E-state index contributed by atoms with van der Waals surface area (Å²) in [7, 11) is 0. The van der Waals surface area contributed by atoms with Crippen LogP contribution >= 0.6 is 22.6 Å². The van der Waals surface area contributed by atoms with Crippen LogP contribution in [-0.2, 0) is 6.54 Å². The SMILES string of the molecule is O=C(NCc1ncc[nH]1)Nc1ccc(I)cc1C(=O)O. The normalized spacial score (nSPS) is 10.1. The highest BCUT2D eigenvalue weighted by molar-refractivity contribution is 14.1. The fraction of sp³-hybridized carbons (Fsp3) is 0.0833. The zero-order chi connectivity index (χ0) is 14.5. The van der Waals surface area contributed by atoms with Gasteiger partial charge in [0.1, 0.15) is 5.82 Å². The molecular formula is C12H11IN4O3. The highest BCUT2D eigenvalue weighted by atomic mass is 127. The molecule has 2 aromatic rings. The van der Waals surface area contributed by atoms with Crippen LogP contribution < -0.4 is 10.6 Å². The highest BCUT2D eigenvalue weighted by Crippen LogP contribution is 2.18. The van der Waals surface area contributed by atoms with Gasteiger partial charge in [-0.2, -0.15) is 0 Å². The summed E-state index contributed by atoms with van der Waals surface area (Å²) in [5.74, 6) is -0.480. The summed E-state index contributed by atoms with van der Waals surface area (Å²) in [5.41, 5.74) is 0.292. The van der Waals surface area contributed by atoms with Crippen molar-refractivity contribution >= 4 is 40.3 Å². The fourth-order valence-electron chi connectivity index (χ4n) is 1.53. The first-order valence-electron chi connectivity index (χ1n) is 5.62. The van der Waals surface area contributed by atoms with Gasteiger partial charge in [-0.15, -0.1) is 0 Å². The minimum absolute atomic E-state index is 0.0463. The summed E-state index contributed by atoms with van der Waals surface area (Å²) in [6.07, 6.45) is 3.23. The third kappa shape index (κ3) is 3.70. The molecule has 0 radical (unpaired) electrons. The largest absolute Gasteiger partial charge is 0.478 e. The number of urea groups is 1. The number of carbonyl (C=O) groups is 2. The van der Waals surface area contributed by atoms with Crippen LogP contribution in [-0.4, -0.2) is 27.1 Å². The molecular weight excluding hydrogens is 375 g/mol. The second-order valence-corrected chi connectivity index (χ2v) is 5.08. The maximum atomic E-state index is 11.7. The first kappa shape index (κ1) is 14.3. The number of nitrogens with zero attached hydrogens (tertiary/aromatic N) is 1. The van der Waals surface area contributed by atoms with Gasteiger partial charge >= 0.3 is 12.0 Å². The molecule has 0 aliphatic carbocycles. The summed E-state index contributed by atoms with van der Waals surface area (Å²) < 4.78 is 0.779. The van der Waals surface area contributed by atoms with Crippen molar-refractivity contribution in [3.8, 4) is 0 Å². The Labute approximate surface area is 127 Å². The third-order valence-corrected chi connectivity index (χ3v) is 3.10. The number of hydrogen-bond donors (Lipinski definition) is 4. The van der Waals surface area contributed by atoms with Crippen LogP contribution in [0.25, 0.3) is 0 Å². The molecule has 0 saturated heterocycles. The van der Waals surface area contributed by atoms with E-state index in [4.69, 9.17) is 5.11 Å². The summed E-state index contributed by atoms with van der Waals surface area (Å²) in [6.45, 7) is 0.228. The number of aromatic amines is 1. The van der Waals surface area contributed by atoms with Gasteiger partial charge in [-0.05, 0) is 40.8 Å².